The summed E-state index contributed by atoms with van der Waals surface area (Å²) in [5.74, 6) is -0.0316. The zero-order chi connectivity index (χ0) is 15.2. The summed E-state index contributed by atoms with van der Waals surface area (Å²) in [6.07, 6.45) is 5.14. The first-order valence-corrected chi connectivity index (χ1v) is 7.48. The van der Waals surface area contributed by atoms with Crippen molar-refractivity contribution in [2.24, 2.45) is 12.0 Å². The van der Waals surface area contributed by atoms with Crippen LogP contribution in [0.5, 0.6) is 0 Å². The molecule has 0 aliphatic rings. The van der Waals surface area contributed by atoms with Gasteiger partial charge < -0.3 is 14.9 Å². The fourth-order valence-electron chi connectivity index (χ4n) is 1.90. The molecule has 1 aromatic carbocycles. The summed E-state index contributed by atoms with van der Waals surface area (Å²) in [6, 6.07) is 7.69. The molecule has 1 heterocycles. The molecule has 6 heteroatoms. The van der Waals surface area contributed by atoms with Crippen LogP contribution in [0.25, 0.3) is 0 Å². The minimum absolute atomic E-state index is 0. The summed E-state index contributed by atoms with van der Waals surface area (Å²) in [5.41, 5.74) is 1.72. The second kappa shape index (κ2) is 9.50. The van der Waals surface area contributed by atoms with Crippen molar-refractivity contribution in [3.63, 3.8) is 0 Å². The van der Waals surface area contributed by atoms with Crippen LogP contribution in [0.15, 0.2) is 41.9 Å². The second-order valence-corrected chi connectivity index (χ2v) is 5.80. The molecule has 0 atom stereocenters. The second-order valence-electron chi connectivity index (χ2n) is 4.62. The van der Waals surface area contributed by atoms with Crippen LogP contribution in [-0.4, -0.2) is 17.0 Å². The predicted octanol–water partition coefficient (Wildman–Crippen LogP) is 2.27. The summed E-state index contributed by atoms with van der Waals surface area (Å²) >= 11 is 1.58. The van der Waals surface area contributed by atoms with Gasteiger partial charge in [-0.05, 0) is 25.6 Å². The van der Waals surface area contributed by atoms with E-state index in [1.54, 1.807) is 17.4 Å². The van der Waals surface area contributed by atoms with Gasteiger partial charge in [-0.15, -0.1) is 6.58 Å². The molecule has 22 heavy (non-hydrogen) atoms. The molecule has 0 aliphatic carbocycles. The van der Waals surface area contributed by atoms with Crippen LogP contribution in [0.4, 0.5) is 5.69 Å². The van der Waals surface area contributed by atoms with E-state index < -0.39 is 0 Å². The Labute approximate surface area is 173 Å². The van der Waals surface area contributed by atoms with Crippen molar-refractivity contribution in [2.45, 2.75) is 13.3 Å². The number of benzene rings is 1. The van der Waals surface area contributed by atoms with Gasteiger partial charge in [0.25, 0.3) is 0 Å². The van der Waals surface area contributed by atoms with Gasteiger partial charge >= 0.3 is 0 Å². The molecule has 2 aromatic rings. The number of carbonyl (C=O) groups excluding carboxylic acids is 1. The number of rotatable bonds is 5. The monoisotopic (exact) mass is 474 g/mol. The maximum absolute atomic E-state index is 11.8. The molecular formula is C16H18N3OSYb-. The van der Waals surface area contributed by atoms with Gasteiger partial charge in [0.1, 0.15) is 0 Å². The number of aromatic nitrogens is 1. The van der Waals surface area contributed by atoms with Gasteiger partial charge in [-0.2, -0.15) is 6.20 Å². The number of thiazole rings is 1. The zero-order valence-corrected chi connectivity index (χ0v) is 15.0. The molecule has 0 saturated carbocycles. The van der Waals surface area contributed by atoms with Gasteiger partial charge in [0.15, 0.2) is 0 Å². The van der Waals surface area contributed by atoms with Gasteiger partial charge in [-0.25, -0.2) is 11.3 Å². The Hall–Kier alpha value is -0.621. The summed E-state index contributed by atoms with van der Waals surface area (Å²) in [5, 5.41) is 2.78. The van der Waals surface area contributed by atoms with Gasteiger partial charge in [0.05, 0.1) is 6.42 Å². The van der Waals surface area contributed by atoms with Crippen molar-refractivity contribution >= 4 is 22.9 Å². The number of carbonyl (C=O) groups is 1. The first kappa shape index (κ1) is 19.4. The topological polar surface area (TPSA) is 46.4 Å². The molecule has 0 bridgehead atoms. The quantitative estimate of drug-likeness (QED) is 0.526. The van der Waals surface area contributed by atoms with E-state index in [1.807, 2.05) is 42.8 Å². The Morgan fingerprint density at radius 2 is 2.23 bits per heavy atom. The Morgan fingerprint density at radius 3 is 2.86 bits per heavy atom. The first-order chi connectivity index (χ1) is 10.1. The van der Waals surface area contributed by atoms with Gasteiger partial charge in [0.2, 0.25) is 5.91 Å². The predicted molar refractivity (Wildman–Crippen MR) is 85.4 cm³/mol. The summed E-state index contributed by atoms with van der Waals surface area (Å²) in [4.78, 5) is 18.4. The van der Waals surface area contributed by atoms with Crippen LogP contribution in [-0.2, 0) is 18.3 Å². The van der Waals surface area contributed by atoms with Gasteiger partial charge in [0, 0.05) is 64.0 Å². The summed E-state index contributed by atoms with van der Waals surface area (Å²) in [7, 11) is 1.92. The van der Waals surface area contributed by atoms with Crippen LogP contribution < -0.4 is 10.1 Å². The third-order valence-electron chi connectivity index (χ3n) is 2.86. The molecule has 0 radical (unpaired) electrons. The molecule has 1 aromatic heterocycles. The van der Waals surface area contributed by atoms with E-state index in [2.05, 4.69) is 23.1 Å². The Balaban J connectivity index is 0.00000242. The van der Waals surface area contributed by atoms with E-state index in [4.69, 9.17) is 0 Å². The first-order valence-electron chi connectivity index (χ1n) is 6.66. The number of hydrogen-bond donors (Lipinski definition) is 1. The fraction of sp³-hybridized carbons (Fsp3) is 0.250. The van der Waals surface area contributed by atoms with Crippen LogP contribution in [0.1, 0.15) is 10.4 Å². The van der Waals surface area contributed by atoms with Gasteiger partial charge in [-0.3, -0.25) is 4.79 Å². The van der Waals surface area contributed by atoms with Crippen LogP contribution >= 0.6 is 11.3 Å². The van der Waals surface area contributed by atoms with Crippen molar-refractivity contribution < 1.29 is 51.7 Å². The molecule has 1 N–H and O–H groups in total. The third kappa shape index (κ3) is 5.54. The minimum atomic E-state index is -0.0316. The Morgan fingerprint density at radius 1 is 1.50 bits per heavy atom. The standard InChI is InChI=1S/C16H18N3OS.Yb/c1-4-9-17-15(20)10-13-7-5-6-8-14(13)18-16-19(3)11-12(2)21-16;/h4-8H,1,9-10H2,2-3H3,(H,17,20);/q-1;. The van der Waals surface area contributed by atoms with E-state index in [-0.39, 0.29) is 52.8 Å². The molecule has 0 aliphatic heterocycles. The van der Waals surface area contributed by atoms with E-state index in [1.165, 1.54) is 0 Å². The van der Waals surface area contributed by atoms with Crippen LogP contribution in [0.2, 0.25) is 0 Å². The summed E-state index contributed by atoms with van der Waals surface area (Å²) < 4.78 is 1.87. The largest absolute Gasteiger partial charge is 0.490 e. The number of nitrogens with zero attached hydrogens (tertiary/aromatic N) is 2. The van der Waals surface area contributed by atoms with Crippen molar-refractivity contribution in [2.75, 3.05) is 6.54 Å². The molecule has 2 rings (SSSR count). The molecule has 0 fully saturated rings. The maximum Gasteiger partial charge on any atom is 0.224 e. The minimum Gasteiger partial charge on any atom is -0.490 e. The third-order valence-corrected chi connectivity index (χ3v) is 3.80. The smallest absolute Gasteiger partial charge is 0.224 e. The summed E-state index contributed by atoms with van der Waals surface area (Å²) in [6.45, 7) is 6.06. The molecule has 0 spiro atoms. The van der Waals surface area contributed by atoms with Gasteiger partial charge in [-0.1, -0.05) is 29.2 Å². The average Bonchev–Trinajstić information content (AvgIpc) is 2.77. The molecule has 124 valence electrons. The Kier molecular flexibility index (Phi) is 8.39. The van der Waals surface area contributed by atoms with E-state index in [0.29, 0.717) is 13.0 Å². The average molecular weight is 473 g/mol. The number of hydrogen-bond acceptors (Lipinski definition) is 3. The molecule has 1 amide bonds. The normalized spacial score (nSPS) is 10.9. The SMILES string of the molecule is C=CCNC(=O)Cc1ccccc1N=c1sc(C)[c-]n1C.[Yb]. The van der Waals surface area contributed by atoms with Crippen LogP contribution in [0, 0.1) is 60.0 Å². The Bertz CT molecular complexity index is 718. The molecule has 4 nitrogen and oxygen atoms in total. The molecule has 0 saturated heterocycles. The zero-order valence-electron chi connectivity index (χ0n) is 12.5. The fourth-order valence-corrected chi connectivity index (χ4v) is 2.69. The number of para-hydroxylation sites is 1. The molecular weight excluding hydrogens is 455 g/mol. The van der Waals surface area contributed by atoms with E-state index in [9.17, 15) is 4.79 Å². The van der Waals surface area contributed by atoms with Crippen molar-refractivity contribution in [1.82, 2.24) is 9.88 Å². The van der Waals surface area contributed by atoms with Crippen molar-refractivity contribution in [1.29, 1.82) is 0 Å². The van der Waals surface area contributed by atoms with E-state index >= 15 is 0 Å². The van der Waals surface area contributed by atoms with Crippen molar-refractivity contribution in [3.05, 3.63) is 58.4 Å². The molecule has 0 unspecified atom stereocenters. The number of aryl methyl sites for hydroxylation is 2. The number of nitrogens with one attached hydrogen (secondary N) is 1. The van der Waals surface area contributed by atoms with Crippen molar-refractivity contribution in [3.8, 4) is 0 Å². The van der Waals surface area contributed by atoms with E-state index in [0.717, 1.165) is 20.9 Å². The maximum atomic E-state index is 11.8. The number of amides is 1. The van der Waals surface area contributed by atoms with Crippen LogP contribution in [0.3, 0.4) is 0 Å².